The van der Waals surface area contributed by atoms with E-state index in [1.165, 1.54) is 31.1 Å². The molecule has 11 rings (SSSR count). The molecule has 0 fully saturated rings. The van der Waals surface area contributed by atoms with Gasteiger partial charge in [-0.25, -0.2) is 9.97 Å². The lowest BCUT2D eigenvalue weighted by atomic mass is 9.99. The molecule has 0 unspecified atom stereocenters. The van der Waals surface area contributed by atoms with Crippen LogP contribution in [0.1, 0.15) is 0 Å². The molecule has 7 aromatic carbocycles. The van der Waals surface area contributed by atoms with E-state index in [0.29, 0.717) is 5.82 Å². The van der Waals surface area contributed by atoms with Crippen molar-refractivity contribution in [3.8, 4) is 61.8 Å². The number of pyridine rings is 1. The van der Waals surface area contributed by atoms with Crippen molar-refractivity contribution in [3.05, 3.63) is 194 Å². The van der Waals surface area contributed by atoms with Gasteiger partial charge in [0.25, 0.3) is 0 Å². The first-order valence-electron chi connectivity index (χ1n) is 18.8. The molecule has 0 radical (unpaired) electrons. The summed E-state index contributed by atoms with van der Waals surface area (Å²) in [6, 6.07) is 66.5. The summed E-state index contributed by atoms with van der Waals surface area (Å²) in [5.41, 5.74) is 13.7. The van der Waals surface area contributed by atoms with Crippen LogP contribution in [0.4, 0.5) is 0 Å². The minimum absolute atomic E-state index is 0.681. The maximum Gasteiger partial charge on any atom is 0.160 e. The van der Waals surface area contributed by atoms with Gasteiger partial charge in [0, 0.05) is 55.0 Å². The Morgan fingerprint density at radius 3 is 1.68 bits per heavy atom. The predicted molar refractivity (Wildman–Crippen MR) is 234 cm³/mol. The van der Waals surface area contributed by atoms with Crippen LogP contribution in [0.5, 0.6) is 0 Å². The Morgan fingerprint density at radius 1 is 0.411 bits per heavy atom. The lowest BCUT2D eigenvalue weighted by molar-refractivity contribution is 1.16. The van der Waals surface area contributed by atoms with Crippen LogP contribution >= 0.6 is 11.3 Å². The molecule has 56 heavy (non-hydrogen) atoms. The number of rotatable bonds is 6. The van der Waals surface area contributed by atoms with E-state index in [0.717, 1.165) is 67.0 Å². The molecule has 0 N–H and O–H groups in total. The highest BCUT2D eigenvalue weighted by atomic mass is 32.1. The van der Waals surface area contributed by atoms with E-state index in [9.17, 15) is 0 Å². The summed E-state index contributed by atoms with van der Waals surface area (Å²) in [6.45, 7) is 0. The van der Waals surface area contributed by atoms with E-state index in [-0.39, 0.29) is 0 Å². The van der Waals surface area contributed by atoms with Crippen molar-refractivity contribution in [2.75, 3.05) is 0 Å². The van der Waals surface area contributed by atoms with Gasteiger partial charge in [0.15, 0.2) is 5.82 Å². The highest BCUT2D eigenvalue weighted by molar-refractivity contribution is 7.26. The lowest BCUT2D eigenvalue weighted by Gasteiger charge is -2.15. The van der Waals surface area contributed by atoms with Crippen LogP contribution < -0.4 is 0 Å². The Hall–Kier alpha value is -7.21. The number of para-hydroxylation sites is 2. The summed E-state index contributed by atoms with van der Waals surface area (Å²) in [5.74, 6) is 0.681. The minimum Gasteiger partial charge on any atom is -0.309 e. The van der Waals surface area contributed by atoms with Crippen molar-refractivity contribution in [1.29, 1.82) is 0 Å². The van der Waals surface area contributed by atoms with Gasteiger partial charge in [0.1, 0.15) is 0 Å². The quantitative estimate of drug-likeness (QED) is 0.171. The summed E-state index contributed by atoms with van der Waals surface area (Å²) in [5, 5.41) is 3.63. The second-order valence-corrected chi connectivity index (χ2v) is 15.1. The molecule has 0 atom stereocenters. The highest BCUT2D eigenvalue weighted by Crippen LogP contribution is 2.42. The van der Waals surface area contributed by atoms with Gasteiger partial charge in [0.05, 0.1) is 32.6 Å². The first-order chi connectivity index (χ1) is 27.7. The van der Waals surface area contributed by atoms with E-state index in [1.54, 1.807) is 11.3 Å². The summed E-state index contributed by atoms with van der Waals surface area (Å²) < 4.78 is 4.79. The maximum absolute atomic E-state index is 5.35. The predicted octanol–water partition coefficient (Wildman–Crippen LogP) is 13.7. The van der Waals surface area contributed by atoms with E-state index in [2.05, 4.69) is 180 Å². The van der Waals surface area contributed by atoms with Crippen LogP contribution in [-0.2, 0) is 0 Å². The molecule has 0 amide bonds. The van der Waals surface area contributed by atoms with Crippen molar-refractivity contribution in [2.24, 2.45) is 0 Å². The highest BCUT2D eigenvalue weighted by Gasteiger charge is 2.19. The van der Waals surface area contributed by atoms with Crippen molar-refractivity contribution in [3.63, 3.8) is 0 Å². The molecule has 262 valence electrons. The number of fused-ring (bicyclic) bond motifs is 6. The van der Waals surface area contributed by atoms with Gasteiger partial charge in [-0.2, -0.15) is 0 Å². The summed E-state index contributed by atoms with van der Waals surface area (Å²) >= 11 is 1.80. The van der Waals surface area contributed by atoms with Gasteiger partial charge >= 0.3 is 0 Å². The molecule has 0 bridgehead atoms. The topological polar surface area (TPSA) is 43.6 Å². The fourth-order valence-corrected chi connectivity index (χ4v) is 9.20. The first-order valence-corrected chi connectivity index (χ1v) is 19.6. The molecular formula is C51H32N4S. The molecule has 5 heteroatoms. The van der Waals surface area contributed by atoms with Gasteiger partial charge in [-0.15, -0.1) is 11.3 Å². The maximum atomic E-state index is 5.35. The van der Waals surface area contributed by atoms with Crippen molar-refractivity contribution in [1.82, 2.24) is 19.5 Å². The third-order valence-corrected chi connectivity index (χ3v) is 11.9. The van der Waals surface area contributed by atoms with Crippen LogP contribution in [-0.4, -0.2) is 19.5 Å². The van der Waals surface area contributed by atoms with E-state index in [1.807, 2.05) is 18.3 Å². The molecule has 0 saturated carbocycles. The molecule has 0 spiro atoms. The van der Waals surface area contributed by atoms with E-state index < -0.39 is 0 Å². The zero-order chi connectivity index (χ0) is 37.0. The second-order valence-electron chi connectivity index (χ2n) is 14.0. The zero-order valence-electron chi connectivity index (χ0n) is 30.2. The Labute approximate surface area is 327 Å². The molecule has 0 saturated heterocycles. The average Bonchev–Trinajstić information content (AvgIpc) is 3.83. The smallest absolute Gasteiger partial charge is 0.160 e. The van der Waals surface area contributed by atoms with Crippen molar-refractivity contribution < 1.29 is 0 Å². The van der Waals surface area contributed by atoms with Gasteiger partial charge in [-0.1, -0.05) is 140 Å². The Bertz CT molecular complexity index is 3180. The molecule has 0 aliphatic carbocycles. The Kier molecular flexibility index (Phi) is 7.64. The van der Waals surface area contributed by atoms with Crippen LogP contribution in [0.15, 0.2) is 194 Å². The fourth-order valence-electron chi connectivity index (χ4n) is 8.00. The minimum atomic E-state index is 0.681. The summed E-state index contributed by atoms with van der Waals surface area (Å²) in [4.78, 5) is 15.4. The SMILES string of the molecule is c1ccc(-c2ccc(-c3nc(-c4ccccc4)cc(-c4cc(-c5ccnc6c5sc5ccccc56)cc(-n5c6ccccc6c6ccccc65)c4)n3)cc2)cc1. The largest absolute Gasteiger partial charge is 0.309 e. The third kappa shape index (κ3) is 5.48. The van der Waals surface area contributed by atoms with Crippen molar-refractivity contribution >= 4 is 53.4 Å². The fraction of sp³-hybridized carbons (Fsp3) is 0. The second kappa shape index (κ2) is 13.3. The molecular weight excluding hydrogens is 701 g/mol. The van der Waals surface area contributed by atoms with Crippen molar-refractivity contribution in [2.45, 2.75) is 0 Å². The van der Waals surface area contributed by atoms with Gasteiger partial charge in [-0.05, 0) is 65.2 Å². The zero-order valence-corrected chi connectivity index (χ0v) is 31.0. The van der Waals surface area contributed by atoms with E-state index in [4.69, 9.17) is 15.0 Å². The summed E-state index contributed by atoms with van der Waals surface area (Å²) in [7, 11) is 0. The molecule has 0 aliphatic heterocycles. The van der Waals surface area contributed by atoms with E-state index >= 15 is 0 Å². The van der Waals surface area contributed by atoms with Crippen LogP contribution in [0.25, 0.3) is 104 Å². The standard InChI is InChI=1S/C51H32N4S/c1-3-13-33(14-4-1)34-23-25-36(26-24-34)51-53-44(35-15-5-2-6-16-35)32-45(54-51)38-29-37(40-27-28-52-49-43-19-9-12-22-48(43)56-50(40)49)30-39(31-38)55-46-20-10-7-17-41(46)42-18-8-11-21-47(42)55/h1-32H. The lowest BCUT2D eigenvalue weighted by Crippen LogP contribution is -1.99. The number of nitrogens with zero attached hydrogens (tertiary/aromatic N) is 4. The van der Waals surface area contributed by atoms with Crippen LogP contribution in [0.3, 0.4) is 0 Å². The third-order valence-electron chi connectivity index (χ3n) is 10.7. The normalized spacial score (nSPS) is 11.6. The molecule has 0 aliphatic rings. The molecule has 4 aromatic heterocycles. The summed E-state index contributed by atoms with van der Waals surface area (Å²) in [6.07, 6.45) is 1.94. The number of aromatic nitrogens is 4. The molecule has 11 aromatic rings. The number of hydrogen-bond acceptors (Lipinski definition) is 4. The first kappa shape index (κ1) is 32.2. The molecule has 4 nitrogen and oxygen atoms in total. The Balaban J connectivity index is 1.17. The van der Waals surface area contributed by atoms with Gasteiger partial charge in [-0.3, -0.25) is 4.98 Å². The van der Waals surface area contributed by atoms with Crippen LogP contribution in [0.2, 0.25) is 0 Å². The van der Waals surface area contributed by atoms with Gasteiger partial charge in [0.2, 0.25) is 0 Å². The van der Waals surface area contributed by atoms with Crippen LogP contribution in [0, 0.1) is 0 Å². The number of thiophene rings is 1. The number of benzene rings is 7. The molecule has 4 heterocycles. The Morgan fingerprint density at radius 2 is 0.964 bits per heavy atom. The monoisotopic (exact) mass is 732 g/mol. The number of hydrogen-bond donors (Lipinski definition) is 0. The van der Waals surface area contributed by atoms with Gasteiger partial charge < -0.3 is 4.57 Å². The average molecular weight is 733 g/mol.